The van der Waals surface area contributed by atoms with Gasteiger partial charge in [-0.1, -0.05) is 116 Å². The molecule has 0 aliphatic carbocycles. The summed E-state index contributed by atoms with van der Waals surface area (Å²) >= 11 is 18.1. The van der Waals surface area contributed by atoms with E-state index in [1.807, 2.05) is 54.6 Å². The average molecular weight is 541 g/mol. The summed E-state index contributed by atoms with van der Waals surface area (Å²) in [6.45, 7) is 0. The van der Waals surface area contributed by atoms with Crippen LogP contribution in [0.3, 0.4) is 0 Å². The van der Waals surface area contributed by atoms with Crippen molar-refractivity contribution >= 4 is 46.7 Å². The maximum Gasteiger partial charge on any atom is 0.342 e. The zero-order valence-electron chi connectivity index (χ0n) is 20.4. The maximum atomic E-state index is 12.6. The van der Waals surface area contributed by atoms with Crippen LogP contribution in [0.5, 0.6) is 0 Å². The van der Waals surface area contributed by atoms with E-state index in [2.05, 4.69) is 10.1 Å². The molecule has 0 radical (unpaired) electrons. The molecule has 0 fully saturated rings. The highest BCUT2D eigenvalue weighted by Gasteiger charge is 2.33. The number of benzene rings is 2. The van der Waals surface area contributed by atoms with Crippen molar-refractivity contribution in [1.82, 2.24) is 5.32 Å². The molecular formula is C28H36Cl3NO3. The van der Waals surface area contributed by atoms with Gasteiger partial charge in [0.2, 0.25) is 10.2 Å². The fourth-order valence-electron chi connectivity index (χ4n) is 4.02. The van der Waals surface area contributed by atoms with Crippen molar-refractivity contribution in [2.24, 2.45) is 0 Å². The predicted molar refractivity (Wildman–Crippen MR) is 145 cm³/mol. The number of nitrogens with one attached hydrogen (secondary N) is 1. The first-order valence-electron chi connectivity index (χ1n) is 12.4. The van der Waals surface area contributed by atoms with E-state index < -0.39 is 10.3 Å². The van der Waals surface area contributed by atoms with E-state index >= 15 is 0 Å². The molecule has 0 heterocycles. The molecule has 1 atom stereocenters. The zero-order valence-corrected chi connectivity index (χ0v) is 22.7. The van der Waals surface area contributed by atoms with Gasteiger partial charge in [-0.15, -0.1) is 0 Å². The minimum absolute atomic E-state index is 0.0190. The van der Waals surface area contributed by atoms with Crippen LogP contribution in [0.25, 0.3) is 0 Å². The maximum absolute atomic E-state index is 12.6. The van der Waals surface area contributed by atoms with Crippen LogP contribution in [0.1, 0.15) is 81.4 Å². The van der Waals surface area contributed by atoms with Crippen molar-refractivity contribution in [3.63, 3.8) is 0 Å². The van der Waals surface area contributed by atoms with Crippen LogP contribution in [0.4, 0.5) is 0 Å². The fourth-order valence-corrected chi connectivity index (χ4v) is 4.56. The normalized spacial score (nSPS) is 12.2. The number of aryl methyl sites for hydroxylation is 1. The lowest BCUT2D eigenvalue weighted by molar-refractivity contribution is -0.141. The Balaban J connectivity index is 1.70. The number of carbonyl (C=O) groups excluding carboxylic acids is 2. The molecule has 35 heavy (non-hydrogen) atoms. The second kappa shape index (κ2) is 16.1. The Morgan fingerprint density at radius 2 is 1.49 bits per heavy atom. The molecule has 2 aromatic rings. The van der Waals surface area contributed by atoms with Crippen LogP contribution in [0, 0.1) is 0 Å². The summed E-state index contributed by atoms with van der Waals surface area (Å²) in [5, 5.41) is 3.91. The molecule has 4 nitrogen and oxygen atoms in total. The van der Waals surface area contributed by atoms with E-state index in [4.69, 9.17) is 34.8 Å². The highest BCUT2D eigenvalue weighted by Crippen LogP contribution is 2.29. The number of alkyl halides is 2. The summed E-state index contributed by atoms with van der Waals surface area (Å²) in [7, 11) is 1.29. The van der Waals surface area contributed by atoms with Gasteiger partial charge in [0.1, 0.15) is 0 Å². The standard InChI is InChI=1S/C28H36Cl3NO3/c1-35-27(34)28(30,31)21-11-6-4-2-3-5-10-14-25(23-16-18-24(29)19-17-23)32-26(33)20-15-22-12-8-7-9-13-22/h7-9,12-13,16-19,25H,2-6,10-11,14-15,20-21H2,1H3,(H,32,33). The van der Waals surface area contributed by atoms with E-state index in [1.165, 1.54) is 12.7 Å². The number of halogens is 3. The molecule has 192 valence electrons. The number of amides is 1. The van der Waals surface area contributed by atoms with Gasteiger partial charge in [0, 0.05) is 11.4 Å². The highest BCUT2D eigenvalue weighted by atomic mass is 35.5. The quantitative estimate of drug-likeness (QED) is 0.133. The molecule has 0 aromatic heterocycles. The number of esters is 1. The van der Waals surface area contributed by atoms with Crippen LogP contribution < -0.4 is 5.32 Å². The van der Waals surface area contributed by atoms with Crippen LogP contribution in [0.2, 0.25) is 5.02 Å². The number of ether oxygens (including phenoxy) is 1. The van der Waals surface area contributed by atoms with Crippen molar-refractivity contribution in [3.05, 3.63) is 70.7 Å². The van der Waals surface area contributed by atoms with E-state index in [0.29, 0.717) is 17.9 Å². The van der Waals surface area contributed by atoms with Crippen LogP contribution in [-0.2, 0) is 20.7 Å². The SMILES string of the molecule is COC(=O)C(Cl)(Cl)CCCCCCCCCC(NC(=O)CCc1ccccc1)c1ccc(Cl)cc1. The van der Waals surface area contributed by atoms with Crippen molar-refractivity contribution in [3.8, 4) is 0 Å². The molecule has 0 bridgehead atoms. The molecule has 0 aliphatic heterocycles. The van der Waals surface area contributed by atoms with Gasteiger partial charge in [-0.25, -0.2) is 4.79 Å². The summed E-state index contributed by atoms with van der Waals surface area (Å²) < 4.78 is 3.17. The lowest BCUT2D eigenvalue weighted by Crippen LogP contribution is -2.28. The van der Waals surface area contributed by atoms with Crippen molar-refractivity contribution in [2.75, 3.05) is 7.11 Å². The predicted octanol–water partition coefficient (Wildman–Crippen LogP) is 7.99. The summed E-state index contributed by atoms with van der Waals surface area (Å²) in [6, 6.07) is 17.8. The van der Waals surface area contributed by atoms with Gasteiger partial charge in [-0.05, 0) is 48.9 Å². The number of methoxy groups -OCH3 is 1. The molecule has 1 N–H and O–H groups in total. The highest BCUT2D eigenvalue weighted by molar-refractivity contribution is 6.57. The first kappa shape index (κ1) is 29.5. The largest absolute Gasteiger partial charge is 0.467 e. The topological polar surface area (TPSA) is 55.4 Å². The van der Waals surface area contributed by atoms with Crippen molar-refractivity contribution in [2.45, 2.75) is 81.0 Å². The van der Waals surface area contributed by atoms with Crippen LogP contribution in [-0.4, -0.2) is 23.3 Å². The van der Waals surface area contributed by atoms with Gasteiger partial charge in [0.05, 0.1) is 13.2 Å². The third-order valence-corrected chi connectivity index (χ3v) is 7.00. The number of rotatable bonds is 16. The summed E-state index contributed by atoms with van der Waals surface area (Å²) in [5.41, 5.74) is 2.25. The lowest BCUT2D eigenvalue weighted by Gasteiger charge is -2.20. The van der Waals surface area contributed by atoms with Gasteiger partial charge in [-0.2, -0.15) is 0 Å². The van der Waals surface area contributed by atoms with Crippen LogP contribution >= 0.6 is 34.8 Å². The second-order valence-electron chi connectivity index (χ2n) is 8.87. The Bertz CT molecular complexity index is 888. The molecule has 0 spiro atoms. The minimum Gasteiger partial charge on any atom is -0.467 e. The molecule has 2 rings (SSSR count). The molecule has 0 saturated heterocycles. The molecular weight excluding hydrogens is 505 g/mol. The molecule has 0 saturated carbocycles. The zero-order chi connectivity index (χ0) is 25.5. The van der Waals surface area contributed by atoms with Crippen LogP contribution in [0.15, 0.2) is 54.6 Å². The fraction of sp³-hybridized carbons (Fsp3) is 0.500. The van der Waals surface area contributed by atoms with E-state index in [9.17, 15) is 9.59 Å². The van der Waals surface area contributed by atoms with E-state index in [1.54, 1.807) is 0 Å². The molecule has 1 unspecified atom stereocenters. The minimum atomic E-state index is -1.45. The summed E-state index contributed by atoms with van der Waals surface area (Å²) in [5.74, 6) is -0.529. The Morgan fingerprint density at radius 3 is 2.11 bits per heavy atom. The molecule has 2 aromatic carbocycles. The van der Waals surface area contributed by atoms with Gasteiger partial charge in [0.25, 0.3) is 0 Å². The first-order valence-corrected chi connectivity index (χ1v) is 13.5. The Hall–Kier alpha value is -1.75. The monoisotopic (exact) mass is 539 g/mol. The van der Waals surface area contributed by atoms with E-state index in [-0.39, 0.29) is 11.9 Å². The smallest absolute Gasteiger partial charge is 0.342 e. The van der Waals surface area contributed by atoms with Gasteiger partial charge >= 0.3 is 5.97 Å². The number of unbranched alkanes of at least 4 members (excludes halogenated alkanes) is 6. The third kappa shape index (κ3) is 11.7. The third-order valence-electron chi connectivity index (χ3n) is 6.06. The number of carbonyl (C=O) groups is 2. The van der Waals surface area contributed by atoms with Gasteiger partial charge < -0.3 is 10.1 Å². The average Bonchev–Trinajstić information content (AvgIpc) is 2.86. The lowest BCUT2D eigenvalue weighted by atomic mass is 9.98. The Morgan fingerprint density at radius 1 is 0.886 bits per heavy atom. The first-order chi connectivity index (χ1) is 16.8. The number of hydrogen-bond donors (Lipinski definition) is 1. The summed E-state index contributed by atoms with van der Waals surface area (Å²) in [4.78, 5) is 24.1. The van der Waals surface area contributed by atoms with Crippen molar-refractivity contribution in [1.29, 1.82) is 0 Å². The molecule has 0 aliphatic rings. The molecule has 1 amide bonds. The van der Waals surface area contributed by atoms with Gasteiger partial charge in [-0.3, -0.25) is 4.79 Å². The number of hydrogen-bond acceptors (Lipinski definition) is 3. The Labute approximate surface area is 224 Å². The summed E-state index contributed by atoms with van der Waals surface area (Å²) in [6.07, 6.45) is 9.69. The Kier molecular flexibility index (Phi) is 13.5. The van der Waals surface area contributed by atoms with Crippen molar-refractivity contribution < 1.29 is 14.3 Å². The van der Waals surface area contributed by atoms with Gasteiger partial charge in [0.15, 0.2) is 0 Å². The van der Waals surface area contributed by atoms with E-state index in [0.717, 1.165) is 63.4 Å². The second-order valence-corrected chi connectivity index (χ2v) is 10.8. The molecule has 7 heteroatoms.